The summed E-state index contributed by atoms with van der Waals surface area (Å²) in [6.07, 6.45) is 1.90. The standard InChI is InChI=1S/C25H31N3O3.ClH/c1-4-5-13-31-23-21-14-19(27-24(29)18-9-7-6-8-10-18)11-12-20(21)25(30)28(16-17(2)3)22(23)15-26;/h6-12,14,17H,4-5,13,15-16,26H2,1-3H3,(H,27,29);1H. The van der Waals surface area contributed by atoms with Crippen LogP contribution in [0.4, 0.5) is 5.69 Å². The summed E-state index contributed by atoms with van der Waals surface area (Å²) < 4.78 is 7.88. The highest BCUT2D eigenvalue weighted by atomic mass is 35.5. The summed E-state index contributed by atoms with van der Waals surface area (Å²) in [6.45, 7) is 7.53. The zero-order chi connectivity index (χ0) is 22.4. The lowest BCUT2D eigenvalue weighted by atomic mass is 10.1. The SMILES string of the molecule is CCCCOc1c(CN)n(CC(C)C)c(=O)c2ccc(NC(=O)c3ccccc3)cc12.Cl. The Morgan fingerprint density at radius 1 is 1.12 bits per heavy atom. The first kappa shape index (κ1) is 25.4. The lowest BCUT2D eigenvalue weighted by Gasteiger charge is -2.21. The van der Waals surface area contributed by atoms with E-state index in [1.165, 1.54) is 0 Å². The summed E-state index contributed by atoms with van der Waals surface area (Å²) in [5.74, 6) is 0.705. The first-order valence-electron chi connectivity index (χ1n) is 10.8. The van der Waals surface area contributed by atoms with Crippen molar-refractivity contribution in [2.75, 3.05) is 11.9 Å². The molecule has 0 fully saturated rings. The fraction of sp³-hybridized carbons (Fsp3) is 0.360. The Kier molecular flexibility index (Phi) is 9.29. The number of nitrogens with zero attached hydrogens (tertiary/aromatic N) is 1. The van der Waals surface area contributed by atoms with E-state index in [0.717, 1.165) is 12.8 Å². The van der Waals surface area contributed by atoms with Gasteiger partial charge in [0.15, 0.2) is 0 Å². The number of carbonyl (C=O) groups is 1. The predicted molar refractivity (Wildman–Crippen MR) is 133 cm³/mol. The van der Waals surface area contributed by atoms with Gasteiger partial charge in [-0.05, 0) is 42.7 Å². The number of fused-ring (bicyclic) bond motifs is 1. The summed E-state index contributed by atoms with van der Waals surface area (Å²) in [5.41, 5.74) is 7.84. The summed E-state index contributed by atoms with van der Waals surface area (Å²) >= 11 is 0. The minimum atomic E-state index is -0.208. The van der Waals surface area contributed by atoms with Crippen LogP contribution in [-0.2, 0) is 13.1 Å². The van der Waals surface area contributed by atoms with E-state index in [1.54, 1.807) is 34.9 Å². The Morgan fingerprint density at radius 2 is 1.84 bits per heavy atom. The summed E-state index contributed by atoms with van der Waals surface area (Å²) in [4.78, 5) is 25.8. The fourth-order valence-electron chi connectivity index (χ4n) is 3.58. The van der Waals surface area contributed by atoms with E-state index in [4.69, 9.17) is 10.5 Å². The number of unbranched alkanes of at least 4 members (excludes halogenated alkanes) is 1. The molecular formula is C25H32ClN3O3. The van der Waals surface area contributed by atoms with Gasteiger partial charge in [0, 0.05) is 29.7 Å². The molecule has 2 aromatic carbocycles. The number of carbonyl (C=O) groups excluding carboxylic acids is 1. The van der Waals surface area contributed by atoms with E-state index < -0.39 is 0 Å². The van der Waals surface area contributed by atoms with E-state index >= 15 is 0 Å². The number of halogens is 1. The molecule has 0 bridgehead atoms. The maximum absolute atomic E-state index is 13.2. The van der Waals surface area contributed by atoms with Crippen molar-refractivity contribution in [2.45, 2.75) is 46.7 Å². The second kappa shape index (κ2) is 11.7. The van der Waals surface area contributed by atoms with E-state index in [2.05, 4.69) is 26.1 Å². The van der Waals surface area contributed by atoms with Gasteiger partial charge in [0.05, 0.1) is 17.7 Å². The molecule has 0 saturated carbocycles. The molecular weight excluding hydrogens is 426 g/mol. The Balaban J connectivity index is 0.00000363. The van der Waals surface area contributed by atoms with Gasteiger partial charge in [-0.3, -0.25) is 9.59 Å². The van der Waals surface area contributed by atoms with E-state index in [1.807, 2.05) is 18.2 Å². The zero-order valence-corrected chi connectivity index (χ0v) is 19.7. The van der Waals surface area contributed by atoms with Crippen molar-refractivity contribution in [2.24, 2.45) is 11.7 Å². The number of hydrogen-bond donors (Lipinski definition) is 2. The molecule has 0 aliphatic carbocycles. The highest BCUT2D eigenvalue weighted by Crippen LogP contribution is 2.31. The molecule has 172 valence electrons. The molecule has 6 nitrogen and oxygen atoms in total. The molecule has 0 radical (unpaired) electrons. The quantitative estimate of drug-likeness (QED) is 0.444. The van der Waals surface area contributed by atoms with Crippen molar-refractivity contribution in [1.82, 2.24) is 4.57 Å². The minimum Gasteiger partial charge on any atom is -0.491 e. The monoisotopic (exact) mass is 457 g/mol. The molecule has 7 heteroatoms. The van der Waals surface area contributed by atoms with Gasteiger partial charge in [-0.25, -0.2) is 0 Å². The molecule has 0 aliphatic heterocycles. The number of rotatable bonds is 9. The van der Waals surface area contributed by atoms with Crippen LogP contribution in [0.2, 0.25) is 0 Å². The minimum absolute atomic E-state index is 0. The molecule has 1 aromatic heterocycles. The average Bonchev–Trinajstić information content (AvgIpc) is 2.77. The average molecular weight is 458 g/mol. The highest BCUT2D eigenvalue weighted by Gasteiger charge is 2.19. The third-order valence-electron chi connectivity index (χ3n) is 5.11. The number of pyridine rings is 1. The second-order valence-electron chi connectivity index (χ2n) is 8.07. The fourth-order valence-corrected chi connectivity index (χ4v) is 3.58. The van der Waals surface area contributed by atoms with E-state index in [9.17, 15) is 9.59 Å². The van der Waals surface area contributed by atoms with Crippen LogP contribution >= 0.6 is 12.4 Å². The van der Waals surface area contributed by atoms with E-state index in [-0.39, 0.29) is 36.3 Å². The molecule has 3 rings (SSSR count). The van der Waals surface area contributed by atoms with Crippen LogP contribution in [-0.4, -0.2) is 17.1 Å². The summed E-state index contributed by atoms with van der Waals surface area (Å²) in [5, 5.41) is 4.15. The third-order valence-corrected chi connectivity index (χ3v) is 5.11. The van der Waals surface area contributed by atoms with Crippen LogP contribution in [0, 0.1) is 5.92 Å². The van der Waals surface area contributed by atoms with Crippen molar-refractivity contribution < 1.29 is 9.53 Å². The molecule has 0 atom stereocenters. The topological polar surface area (TPSA) is 86.3 Å². The van der Waals surface area contributed by atoms with Gasteiger partial charge in [-0.2, -0.15) is 0 Å². The molecule has 3 N–H and O–H groups in total. The number of anilines is 1. The molecule has 3 aromatic rings. The third kappa shape index (κ3) is 5.69. The van der Waals surface area contributed by atoms with Crippen LogP contribution < -0.4 is 21.3 Å². The molecule has 1 amide bonds. The normalized spacial score (nSPS) is 10.8. The van der Waals surface area contributed by atoms with Gasteiger partial charge in [0.25, 0.3) is 11.5 Å². The Bertz CT molecular complexity index is 1110. The summed E-state index contributed by atoms with van der Waals surface area (Å²) in [6, 6.07) is 14.3. The number of aromatic nitrogens is 1. The molecule has 0 aliphatic rings. The maximum Gasteiger partial charge on any atom is 0.258 e. The highest BCUT2D eigenvalue weighted by molar-refractivity contribution is 6.05. The Morgan fingerprint density at radius 3 is 2.47 bits per heavy atom. The van der Waals surface area contributed by atoms with Crippen LogP contribution in [0.3, 0.4) is 0 Å². The van der Waals surface area contributed by atoms with Crippen LogP contribution in [0.25, 0.3) is 10.8 Å². The van der Waals surface area contributed by atoms with Crippen molar-refractivity contribution in [3.8, 4) is 5.75 Å². The van der Waals surface area contributed by atoms with Crippen molar-refractivity contribution in [3.63, 3.8) is 0 Å². The van der Waals surface area contributed by atoms with Crippen LogP contribution in [0.5, 0.6) is 5.75 Å². The van der Waals surface area contributed by atoms with Crippen molar-refractivity contribution in [3.05, 3.63) is 70.1 Å². The lowest BCUT2D eigenvalue weighted by Crippen LogP contribution is -2.28. The van der Waals surface area contributed by atoms with Crippen molar-refractivity contribution >= 4 is 34.8 Å². The van der Waals surface area contributed by atoms with Gasteiger partial charge in [0.2, 0.25) is 0 Å². The first-order valence-corrected chi connectivity index (χ1v) is 10.8. The lowest BCUT2D eigenvalue weighted by molar-refractivity contribution is 0.102. The van der Waals surface area contributed by atoms with Crippen LogP contribution in [0.1, 0.15) is 49.7 Å². The molecule has 32 heavy (non-hydrogen) atoms. The Labute approximate surface area is 195 Å². The largest absolute Gasteiger partial charge is 0.491 e. The second-order valence-corrected chi connectivity index (χ2v) is 8.07. The first-order chi connectivity index (χ1) is 15.0. The number of amides is 1. The van der Waals surface area contributed by atoms with Gasteiger partial charge < -0.3 is 20.4 Å². The van der Waals surface area contributed by atoms with Crippen LogP contribution in [0.15, 0.2) is 53.3 Å². The molecule has 0 saturated heterocycles. The number of nitrogens with two attached hydrogens (primary N) is 1. The van der Waals surface area contributed by atoms with E-state index in [0.29, 0.717) is 46.6 Å². The smallest absolute Gasteiger partial charge is 0.258 e. The zero-order valence-electron chi connectivity index (χ0n) is 18.9. The van der Waals surface area contributed by atoms with Gasteiger partial charge in [-0.1, -0.05) is 45.4 Å². The Hall–Kier alpha value is -2.83. The molecule has 1 heterocycles. The summed E-state index contributed by atoms with van der Waals surface area (Å²) in [7, 11) is 0. The number of ether oxygens (including phenoxy) is 1. The maximum atomic E-state index is 13.2. The molecule has 0 unspecified atom stereocenters. The molecule has 0 spiro atoms. The van der Waals surface area contributed by atoms with Gasteiger partial charge in [0.1, 0.15) is 5.75 Å². The van der Waals surface area contributed by atoms with Gasteiger partial charge >= 0.3 is 0 Å². The number of hydrogen-bond acceptors (Lipinski definition) is 4. The van der Waals surface area contributed by atoms with Gasteiger partial charge in [-0.15, -0.1) is 12.4 Å². The van der Waals surface area contributed by atoms with Crippen molar-refractivity contribution in [1.29, 1.82) is 0 Å². The predicted octanol–water partition coefficient (Wildman–Crippen LogP) is 4.97. The number of nitrogens with one attached hydrogen (secondary N) is 1. The number of benzene rings is 2.